The van der Waals surface area contributed by atoms with Crippen LogP contribution in [0.25, 0.3) is 0 Å². The number of benzene rings is 1. The number of aromatic nitrogens is 1. The molecule has 0 radical (unpaired) electrons. The van der Waals surface area contributed by atoms with E-state index in [0.29, 0.717) is 45.2 Å². The molecule has 1 fully saturated rings. The number of rotatable bonds is 5. The molecule has 1 atom stereocenters. The highest BCUT2D eigenvalue weighted by molar-refractivity contribution is 9.10. The summed E-state index contributed by atoms with van der Waals surface area (Å²) >= 11 is 4.84. The molecule has 0 bridgehead atoms. The van der Waals surface area contributed by atoms with Gasteiger partial charge >= 0.3 is 12.1 Å². The van der Waals surface area contributed by atoms with Gasteiger partial charge in [0.2, 0.25) is 0 Å². The van der Waals surface area contributed by atoms with Crippen LogP contribution in [0.3, 0.4) is 0 Å². The van der Waals surface area contributed by atoms with Gasteiger partial charge < -0.3 is 19.3 Å². The zero-order valence-corrected chi connectivity index (χ0v) is 20.5. The first kappa shape index (κ1) is 23.4. The van der Waals surface area contributed by atoms with Crippen LogP contribution in [0.15, 0.2) is 50.5 Å². The molecule has 0 spiro atoms. The molecule has 174 valence electrons. The van der Waals surface area contributed by atoms with Crippen LogP contribution in [-0.2, 0) is 14.3 Å². The van der Waals surface area contributed by atoms with Crippen LogP contribution in [0.5, 0.6) is 0 Å². The van der Waals surface area contributed by atoms with Crippen LogP contribution in [0.2, 0.25) is 0 Å². The Balaban J connectivity index is 1.88. The maximum Gasteiger partial charge on any atom is 0.410 e. The van der Waals surface area contributed by atoms with E-state index in [4.69, 9.17) is 14.5 Å². The average molecular weight is 537 g/mol. The molecular formula is C22H22BrFN4O4S. The monoisotopic (exact) mass is 536 g/mol. The number of thiazole rings is 1. The van der Waals surface area contributed by atoms with E-state index in [0.717, 1.165) is 0 Å². The number of carbonyl (C=O) groups is 2. The zero-order valence-electron chi connectivity index (χ0n) is 18.1. The number of aliphatic imine (C=N–C) groups is 1. The number of esters is 1. The Morgan fingerprint density at radius 1 is 1.24 bits per heavy atom. The Bertz CT molecular complexity index is 1120. The standard InChI is InChI=1S/C22H22BrFN4O4S/c1-3-31-21(29)17-16-12-27(22(30)32-4-2)8-9-28(16)19(20-25-7-10-33-20)26-18(17)14-6-5-13(24)11-15(14)23/h5-7,10-11,18H,3-4,8-9,12H2,1-2H3/t18-/m0/s1. The molecule has 0 unspecified atom stereocenters. The van der Waals surface area contributed by atoms with Gasteiger partial charge in [-0.1, -0.05) is 22.0 Å². The van der Waals surface area contributed by atoms with Crippen molar-refractivity contribution < 1.29 is 23.5 Å². The first-order valence-corrected chi connectivity index (χ1v) is 12.1. The third-order valence-corrected chi connectivity index (χ3v) is 6.71. The van der Waals surface area contributed by atoms with E-state index in [1.54, 1.807) is 31.0 Å². The largest absolute Gasteiger partial charge is 0.463 e. The average Bonchev–Trinajstić information content (AvgIpc) is 3.33. The number of nitrogens with zero attached hydrogens (tertiary/aromatic N) is 4. The number of hydrogen-bond acceptors (Lipinski definition) is 8. The molecule has 4 rings (SSSR count). The number of piperazine rings is 1. The van der Waals surface area contributed by atoms with Crippen LogP contribution in [0.1, 0.15) is 30.5 Å². The third kappa shape index (κ3) is 4.65. The predicted molar refractivity (Wildman–Crippen MR) is 124 cm³/mol. The fourth-order valence-corrected chi connectivity index (χ4v) is 5.05. The van der Waals surface area contributed by atoms with E-state index in [2.05, 4.69) is 20.9 Å². The minimum atomic E-state index is -0.772. The van der Waals surface area contributed by atoms with Crippen LogP contribution >= 0.6 is 27.3 Å². The van der Waals surface area contributed by atoms with Crippen molar-refractivity contribution in [2.45, 2.75) is 19.9 Å². The van der Waals surface area contributed by atoms with E-state index in [1.165, 1.54) is 23.5 Å². The van der Waals surface area contributed by atoms with Gasteiger partial charge in [0, 0.05) is 29.1 Å². The second kappa shape index (κ2) is 10.0. The van der Waals surface area contributed by atoms with Crippen LogP contribution in [0.4, 0.5) is 9.18 Å². The summed E-state index contributed by atoms with van der Waals surface area (Å²) in [7, 11) is 0. The molecule has 33 heavy (non-hydrogen) atoms. The second-order valence-corrected chi connectivity index (χ2v) is 8.96. The van der Waals surface area contributed by atoms with Gasteiger partial charge in [0.05, 0.1) is 31.0 Å². The maximum atomic E-state index is 13.8. The Kier molecular flexibility index (Phi) is 7.08. The number of amides is 1. The van der Waals surface area contributed by atoms with Crippen molar-refractivity contribution in [1.82, 2.24) is 14.8 Å². The fraction of sp³-hybridized carbons (Fsp3) is 0.364. The SMILES string of the molecule is CCOC(=O)C1=C2CN(C(=O)OCC)CCN2C(c2nccs2)=N[C@H]1c1ccc(F)cc1Br. The highest BCUT2D eigenvalue weighted by Gasteiger charge is 2.41. The topological polar surface area (TPSA) is 84.3 Å². The van der Waals surface area contributed by atoms with Gasteiger partial charge in [-0.05, 0) is 31.5 Å². The summed E-state index contributed by atoms with van der Waals surface area (Å²) in [5.41, 5.74) is 1.50. The number of fused-ring (bicyclic) bond motifs is 1. The van der Waals surface area contributed by atoms with Crippen molar-refractivity contribution in [3.05, 3.63) is 61.9 Å². The van der Waals surface area contributed by atoms with Gasteiger partial charge in [-0.2, -0.15) is 0 Å². The summed E-state index contributed by atoms with van der Waals surface area (Å²) in [5.74, 6) is -0.354. The first-order valence-electron chi connectivity index (χ1n) is 10.5. The molecule has 8 nitrogen and oxygen atoms in total. The van der Waals surface area contributed by atoms with Crippen LogP contribution < -0.4 is 0 Å². The number of ether oxygens (including phenoxy) is 2. The fourth-order valence-electron chi connectivity index (χ4n) is 3.84. The van der Waals surface area contributed by atoms with Gasteiger partial charge in [0.25, 0.3) is 0 Å². The zero-order chi connectivity index (χ0) is 23.5. The highest BCUT2D eigenvalue weighted by atomic mass is 79.9. The minimum absolute atomic E-state index is 0.146. The lowest BCUT2D eigenvalue weighted by molar-refractivity contribution is -0.139. The van der Waals surface area contributed by atoms with Gasteiger partial charge in [-0.3, -0.25) is 4.99 Å². The number of hydrogen-bond donors (Lipinski definition) is 0. The van der Waals surface area contributed by atoms with Gasteiger partial charge in [-0.25, -0.2) is 19.0 Å². The second-order valence-electron chi connectivity index (χ2n) is 7.21. The molecule has 11 heteroatoms. The molecule has 1 saturated heterocycles. The Morgan fingerprint density at radius 3 is 2.70 bits per heavy atom. The molecule has 2 aliphatic heterocycles. The molecule has 1 amide bonds. The summed E-state index contributed by atoms with van der Waals surface area (Å²) in [5, 5.41) is 2.53. The lowest BCUT2D eigenvalue weighted by atomic mass is 9.93. The van der Waals surface area contributed by atoms with E-state index in [9.17, 15) is 14.0 Å². The summed E-state index contributed by atoms with van der Waals surface area (Å²) in [6.07, 6.45) is 1.23. The normalized spacial score (nSPS) is 18.1. The predicted octanol–water partition coefficient (Wildman–Crippen LogP) is 4.14. The van der Waals surface area contributed by atoms with Crippen LogP contribution in [0, 0.1) is 5.82 Å². The summed E-state index contributed by atoms with van der Waals surface area (Å²) < 4.78 is 24.9. The third-order valence-electron chi connectivity index (χ3n) is 5.25. The van der Waals surface area contributed by atoms with Crippen molar-refractivity contribution >= 4 is 45.2 Å². The van der Waals surface area contributed by atoms with E-state index >= 15 is 0 Å². The molecule has 1 aromatic carbocycles. The summed E-state index contributed by atoms with van der Waals surface area (Å²) in [6.45, 7) is 4.85. The highest BCUT2D eigenvalue weighted by Crippen LogP contribution is 2.40. The Morgan fingerprint density at radius 2 is 2.03 bits per heavy atom. The van der Waals surface area contributed by atoms with Crippen molar-refractivity contribution in [3.8, 4) is 0 Å². The Labute approximate surface area is 202 Å². The summed E-state index contributed by atoms with van der Waals surface area (Å²) in [4.78, 5) is 38.5. The quantitative estimate of drug-likeness (QED) is 0.534. The molecule has 1 aromatic heterocycles. The molecule has 0 saturated carbocycles. The van der Waals surface area contributed by atoms with E-state index in [1.807, 2.05) is 10.3 Å². The smallest absolute Gasteiger partial charge is 0.410 e. The summed E-state index contributed by atoms with van der Waals surface area (Å²) in [6, 6.07) is 3.48. The number of carbonyl (C=O) groups excluding carboxylic acids is 2. The van der Waals surface area contributed by atoms with Crippen molar-refractivity contribution in [1.29, 1.82) is 0 Å². The Hall–Kier alpha value is -2.79. The van der Waals surface area contributed by atoms with Crippen molar-refractivity contribution in [2.24, 2.45) is 4.99 Å². The number of amidine groups is 1. The van der Waals surface area contributed by atoms with Gasteiger partial charge in [-0.15, -0.1) is 11.3 Å². The molecule has 2 aliphatic rings. The first-order chi connectivity index (χ1) is 15.9. The van der Waals surface area contributed by atoms with Crippen LogP contribution in [-0.4, -0.2) is 65.5 Å². The van der Waals surface area contributed by atoms with E-state index in [-0.39, 0.29) is 19.8 Å². The lowest BCUT2D eigenvalue weighted by Crippen LogP contribution is -2.52. The van der Waals surface area contributed by atoms with Crippen molar-refractivity contribution in [2.75, 3.05) is 32.8 Å². The maximum absolute atomic E-state index is 13.8. The van der Waals surface area contributed by atoms with Gasteiger partial charge in [0.1, 0.15) is 11.9 Å². The number of halogens is 2. The molecule has 0 N–H and O–H groups in total. The molecular weight excluding hydrogens is 515 g/mol. The van der Waals surface area contributed by atoms with Crippen molar-refractivity contribution in [3.63, 3.8) is 0 Å². The van der Waals surface area contributed by atoms with E-state index < -0.39 is 23.9 Å². The minimum Gasteiger partial charge on any atom is -0.463 e. The lowest BCUT2D eigenvalue weighted by Gasteiger charge is -2.42. The molecule has 3 heterocycles. The van der Waals surface area contributed by atoms with Gasteiger partial charge in [0.15, 0.2) is 10.8 Å². The molecule has 0 aliphatic carbocycles. The molecule has 2 aromatic rings.